The van der Waals surface area contributed by atoms with Gasteiger partial charge in [0.1, 0.15) is 11.5 Å². The number of hydrogen-bond acceptors (Lipinski definition) is 3. The van der Waals surface area contributed by atoms with Crippen LogP contribution >= 0.6 is 15.9 Å². The summed E-state index contributed by atoms with van der Waals surface area (Å²) in [6, 6.07) is 8.00. The van der Waals surface area contributed by atoms with Gasteiger partial charge in [0.15, 0.2) is 0 Å². The van der Waals surface area contributed by atoms with Crippen LogP contribution in [-0.2, 0) is 0 Å². The van der Waals surface area contributed by atoms with Gasteiger partial charge in [-0.3, -0.25) is 0 Å². The minimum absolute atomic E-state index is 0.413. The first-order valence-electron chi connectivity index (χ1n) is 6.89. The standard InChI is InChI=1S/C17H18BrNO2/c1-12-9-15(5-6-17(12)20-2)21-8-7-13-3-4-14(11-19)16(18)10-13/h4-6,9-10,13H,3,7-8H2,1-2H3. The van der Waals surface area contributed by atoms with Crippen LogP contribution < -0.4 is 9.47 Å². The van der Waals surface area contributed by atoms with Crippen LogP contribution in [0.15, 0.2) is 40.4 Å². The molecule has 2 rings (SSSR count). The van der Waals surface area contributed by atoms with Crippen molar-refractivity contribution in [3.05, 3.63) is 46.0 Å². The van der Waals surface area contributed by atoms with Crippen LogP contribution in [0, 0.1) is 24.2 Å². The van der Waals surface area contributed by atoms with Crippen LogP contribution in [0.4, 0.5) is 0 Å². The lowest BCUT2D eigenvalue weighted by atomic mass is 9.94. The lowest BCUT2D eigenvalue weighted by molar-refractivity contribution is 0.291. The molecule has 0 heterocycles. The molecule has 0 amide bonds. The second kappa shape index (κ2) is 7.33. The number of methoxy groups -OCH3 is 1. The minimum atomic E-state index is 0.413. The maximum Gasteiger partial charge on any atom is 0.122 e. The van der Waals surface area contributed by atoms with Gasteiger partial charge >= 0.3 is 0 Å². The topological polar surface area (TPSA) is 42.2 Å². The van der Waals surface area contributed by atoms with Crippen LogP contribution in [0.1, 0.15) is 18.4 Å². The minimum Gasteiger partial charge on any atom is -0.496 e. The summed E-state index contributed by atoms with van der Waals surface area (Å²) in [5, 5.41) is 8.92. The van der Waals surface area contributed by atoms with Crippen LogP contribution in [0.2, 0.25) is 0 Å². The largest absolute Gasteiger partial charge is 0.496 e. The summed E-state index contributed by atoms with van der Waals surface area (Å²) < 4.78 is 11.9. The number of rotatable bonds is 5. The van der Waals surface area contributed by atoms with Crippen LogP contribution in [0.3, 0.4) is 0 Å². The van der Waals surface area contributed by atoms with E-state index in [0.717, 1.165) is 40.0 Å². The number of allylic oxidation sites excluding steroid dienone is 4. The second-order valence-corrected chi connectivity index (χ2v) is 5.86. The Labute approximate surface area is 134 Å². The number of nitrogens with zero attached hydrogens (tertiary/aromatic N) is 1. The highest BCUT2D eigenvalue weighted by molar-refractivity contribution is 9.12. The summed E-state index contributed by atoms with van der Waals surface area (Å²) in [5.74, 6) is 2.15. The second-order valence-electron chi connectivity index (χ2n) is 5.01. The Bertz CT molecular complexity index is 614. The Morgan fingerprint density at radius 2 is 2.24 bits per heavy atom. The van der Waals surface area contributed by atoms with Gasteiger partial charge in [-0.15, -0.1) is 0 Å². The number of ether oxygens (including phenoxy) is 2. The third-order valence-electron chi connectivity index (χ3n) is 3.51. The van der Waals surface area contributed by atoms with Gasteiger partial charge in [-0.25, -0.2) is 0 Å². The molecular formula is C17H18BrNO2. The van der Waals surface area contributed by atoms with E-state index in [-0.39, 0.29) is 0 Å². The molecule has 1 aliphatic carbocycles. The molecule has 0 saturated heterocycles. The lowest BCUT2D eigenvalue weighted by Gasteiger charge is -2.16. The van der Waals surface area contributed by atoms with Gasteiger partial charge in [0, 0.05) is 4.48 Å². The van der Waals surface area contributed by atoms with Gasteiger partial charge in [0.25, 0.3) is 0 Å². The van der Waals surface area contributed by atoms with Gasteiger partial charge in [-0.05, 0) is 65.4 Å². The Morgan fingerprint density at radius 3 is 2.86 bits per heavy atom. The van der Waals surface area contributed by atoms with E-state index >= 15 is 0 Å². The zero-order valence-electron chi connectivity index (χ0n) is 12.2. The van der Waals surface area contributed by atoms with Crippen LogP contribution in [-0.4, -0.2) is 13.7 Å². The molecule has 1 aromatic carbocycles. The molecule has 0 radical (unpaired) electrons. The van der Waals surface area contributed by atoms with Gasteiger partial charge in [-0.1, -0.05) is 12.2 Å². The first-order valence-corrected chi connectivity index (χ1v) is 7.68. The molecule has 0 saturated carbocycles. The molecule has 110 valence electrons. The van der Waals surface area contributed by atoms with E-state index in [2.05, 4.69) is 28.1 Å². The van der Waals surface area contributed by atoms with Gasteiger partial charge < -0.3 is 9.47 Å². The quantitative estimate of drug-likeness (QED) is 0.786. The fraction of sp³-hybridized carbons (Fsp3) is 0.353. The molecule has 1 aromatic rings. The number of halogens is 1. The summed E-state index contributed by atoms with van der Waals surface area (Å²) in [7, 11) is 1.67. The Kier molecular flexibility index (Phi) is 5.46. The zero-order chi connectivity index (χ0) is 15.2. The highest BCUT2D eigenvalue weighted by atomic mass is 79.9. The highest BCUT2D eigenvalue weighted by Gasteiger charge is 2.14. The molecule has 0 aliphatic heterocycles. The summed E-state index contributed by atoms with van der Waals surface area (Å²) in [6.07, 6.45) is 5.89. The van der Waals surface area contributed by atoms with Crippen molar-refractivity contribution in [1.82, 2.24) is 0 Å². The first-order chi connectivity index (χ1) is 10.1. The number of benzene rings is 1. The van der Waals surface area contributed by atoms with Crippen molar-refractivity contribution in [3.63, 3.8) is 0 Å². The lowest BCUT2D eigenvalue weighted by Crippen LogP contribution is -2.08. The van der Waals surface area contributed by atoms with E-state index in [0.29, 0.717) is 12.5 Å². The summed E-state index contributed by atoms with van der Waals surface area (Å²) in [4.78, 5) is 0. The van der Waals surface area contributed by atoms with E-state index in [1.165, 1.54) is 0 Å². The fourth-order valence-corrected chi connectivity index (χ4v) is 2.92. The SMILES string of the molecule is COc1ccc(OCCC2C=C(Br)C(C#N)=CC2)cc1C. The molecular weight excluding hydrogens is 330 g/mol. The smallest absolute Gasteiger partial charge is 0.122 e. The predicted molar refractivity (Wildman–Crippen MR) is 86.7 cm³/mol. The maximum atomic E-state index is 8.92. The van der Waals surface area contributed by atoms with Crippen LogP contribution in [0.5, 0.6) is 11.5 Å². The maximum absolute atomic E-state index is 8.92. The van der Waals surface area contributed by atoms with Crippen LogP contribution in [0.25, 0.3) is 0 Å². The van der Waals surface area contributed by atoms with Gasteiger partial charge in [0.05, 0.1) is 25.4 Å². The molecule has 21 heavy (non-hydrogen) atoms. The third-order valence-corrected chi connectivity index (χ3v) is 4.20. The van der Waals surface area contributed by atoms with E-state index in [1.807, 2.05) is 31.2 Å². The molecule has 0 N–H and O–H groups in total. The number of hydrogen-bond donors (Lipinski definition) is 0. The van der Waals surface area contributed by atoms with Crippen molar-refractivity contribution in [2.24, 2.45) is 5.92 Å². The number of aryl methyl sites for hydroxylation is 1. The summed E-state index contributed by atoms with van der Waals surface area (Å²) in [6.45, 7) is 2.66. The normalized spacial score (nSPS) is 17.5. The van der Waals surface area contributed by atoms with E-state index in [9.17, 15) is 0 Å². The third kappa shape index (κ3) is 4.12. The molecule has 1 unspecified atom stereocenters. The average Bonchev–Trinajstić information content (AvgIpc) is 2.48. The monoisotopic (exact) mass is 347 g/mol. The van der Waals surface area contributed by atoms with E-state index in [4.69, 9.17) is 14.7 Å². The molecule has 3 nitrogen and oxygen atoms in total. The van der Waals surface area contributed by atoms with E-state index in [1.54, 1.807) is 7.11 Å². The Balaban J connectivity index is 1.85. The summed E-state index contributed by atoms with van der Waals surface area (Å²) >= 11 is 3.43. The van der Waals surface area contributed by atoms with Crippen molar-refractivity contribution < 1.29 is 9.47 Å². The summed E-state index contributed by atoms with van der Waals surface area (Å²) in [5.41, 5.74) is 1.79. The van der Waals surface area contributed by atoms with E-state index < -0.39 is 0 Å². The average molecular weight is 348 g/mol. The Hall–Kier alpha value is -1.73. The van der Waals surface area contributed by atoms with Gasteiger partial charge in [0.2, 0.25) is 0 Å². The molecule has 1 aliphatic rings. The van der Waals surface area contributed by atoms with Crippen molar-refractivity contribution >= 4 is 15.9 Å². The molecule has 0 aromatic heterocycles. The zero-order valence-corrected chi connectivity index (χ0v) is 13.8. The first kappa shape index (κ1) is 15.7. The molecule has 4 heteroatoms. The molecule has 0 fully saturated rings. The molecule has 1 atom stereocenters. The van der Waals surface area contributed by atoms with Crippen molar-refractivity contribution in [1.29, 1.82) is 5.26 Å². The van der Waals surface area contributed by atoms with Crippen molar-refractivity contribution in [3.8, 4) is 17.6 Å². The Morgan fingerprint density at radius 1 is 1.43 bits per heavy atom. The van der Waals surface area contributed by atoms with Gasteiger partial charge in [-0.2, -0.15) is 5.26 Å². The highest BCUT2D eigenvalue weighted by Crippen LogP contribution is 2.29. The number of nitriles is 1. The fourth-order valence-electron chi connectivity index (χ4n) is 2.30. The molecule has 0 spiro atoms. The van der Waals surface area contributed by atoms with Crippen molar-refractivity contribution in [2.45, 2.75) is 19.8 Å². The predicted octanol–water partition coefficient (Wildman–Crippen LogP) is 4.52. The molecule has 0 bridgehead atoms. The van der Waals surface area contributed by atoms with Crippen molar-refractivity contribution in [2.75, 3.05) is 13.7 Å².